The van der Waals surface area contributed by atoms with Crippen LogP contribution in [-0.2, 0) is 0 Å². The van der Waals surface area contributed by atoms with Crippen LogP contribution < -0.4 is 5.32 Å². The van der Waals surface area contributed by atoms with Gasteiger partial charge in [-0.15, -0.1) is 0 Å². The maximum absolute atomic E-state index is 12.1. The van der Waals surface area contributed by atoms with Crippen LogP contribution in [0, 0.1) is 11.8 Å². The van der Waals surface area contributed by atoms with Gasteiger partial charge >= 0.3 is 0 Å². The molecule has 0 atom stereocenters. The molecule has 2 aromatic carbocycles. The van der Waals surface area contributed by atoms with Gasteiger partial charge in [0.25, 0.3) is 11.1 Å². The molecule has 1 amide bonds. The SMILES string of the molecule is C.O=C(Cl)c1ccccc1.O=C(c1ccccc1)N1CCC(CO)CC1.OCC1CCNCC1. The van der Waals surface area contributed by atoms with Gasteiger partial charge in [0, 0.05) is 37.4 Å². The second-order valence-electron chi connectivity index (χ2n) is 8.30. The van der Waals surface area contributed by atoms with Gasteiger partial charge in [-0.2, -0.15) is 0 Å². The normalized spacial score (nSPS) is 16.1. The number of amides is 1. The lowest BCUT2D eigenvalue weighted by Crippen LogP contribution is -2.39. The third-order valence-corrected chi connectivity index (χ3v) is 6.12. The van der Waals surface area contributed by atoms with Gasteiger partial charge < -0.3 is 20.4 Å². The molecule has 0 bridgehead atoms. The molecule has 2 fully saturated rings. The fourth-order valence-corrected chi connectivity index (χ4v) is 3.84. The number of likely N-dealkylation sites (tertiary alicyclic amines) is 1. The summed E-state index contributed by atoms with van der Waals surface area (Å²) in [5.74, 6) is 1.06. The van der Waals surface area contributed by atoms with Gasteiger partial charge in [0.1, 0.15) is 0 Å². The highest BCUT2D eigenvalue weighted by molar-refractivity contribution is 6.67. The minimum atomic E-state index is -0.407. The first-order valence-corrected chi connectivity index (χ1v) is 11.9. The number of carbonyl (C=O) groups excluding carboxylic acids is 2. The number of piperidine rings is 2. The Bertz CT molecular complexity index is 806. The van der Waals surface area contributed by atoms with Crippen LogP contribution in [0.5, 0.6) is 0 Å². The summed E-state index contributed by atoms with van der Waals surface area (Å²) in [4.78, 5) is 24.3. The zero-order valence-electron chi connectivity index (χ0n) is 19.0. The first-order chi connectivity index (χ1) is 16.0. The van der Waals surface area contributed by atoms with E-state index in [1.54, 1.807) is 24.3 Å². The molecule has 7 heteroatoms. The van der Waals surface area contributed by atoms with Crippen molar-refractivity contribution in [2.24, 2.45) is 11.8 Å². The maximum atomic E-state index is 12.1. The van der Waals surface area contributed by atoms with Gasteiger partial charge in [-0.05, 0) is 74.3 Å². The number of benzene rings is 2. The molecule has 2 aliphatic heterocycles. The minimum Gasteiger partial charge on any atom is -0.396 e. The molecule has 2 saturated heterocycles. The Morgan fingerprint density at radius 1 is 0.794 bits per heavy atom. The Hall–Kier alpha value is -2.25. The average molecular weight is 491 g/mol. The summed E-state index contributed by atoms with van der Waals surface area (Å²) in [6, 6.07) is 18.1. The number of aliphatic hydroxyl groups excluding tert-OH is 2. The molecule has 2 aliphatic rings. The number of halogens is 1. The van der Waals surface area contributed by atoms with Crippen molar-refractivity contribution in [3.63, 3.8) is 0 Å². The first kappa shape index (κ1) is 29.8. The Labute approximate surface area is 208 Å². The Kier molecular flexibility index (Phi) is 15.1. The topological polar surface area (TPSA) is 89.9 Å². The molecular weight excluding hydrogens is 452 g/mol. The lowest BCUT2D eigenvalue weighted by molar-refractivity contribution is 0.0651. The highest BCUT2D eigenvalue weighted by atomic mass is 35.5. The van der Waals surface area contributed by atoms with E-state index in [0.29, 0.717) is 24.0 Å². The third-order valence-electron chi connectivity index (χ3n) is 5.90. The van der Waals surface area contributed by atoms with E-state index < -0.39 is 5.24 Å². The van der Waals surface area contributed by atoms with Crippen LogP contribution in [-0.4, -0.2) is 65.7 Å². The van der Waals surface area contributed by atoms with Crippen molar-refractivity contribution in [1.29, 1.82) is 0 Å². The summed E-state index contributed by atoms with van der Waals surface area (Å²) in [5.41, 5.74) is 1.30. The van der Waals surface area contributed by atoms with Crippen molar-refractivity contribution in [2.75, 3.05) is 39.4 Å². The van der Waals surface area contributed by atoms with Crippen LogP contribution in [0.4, 0.5) is 0 Å². The molecular formula is C27H39ClN2O4. The predicted molar refractivity (Wildman–Crippen MR) is 138 cm³/mol. The monoisotopic (exact) mass is 490 g/mol. The van der Waals surface area contributed by atoms with E-state index in [4.69, 9.17) is 21.8 Å². The van der Waals surface area contributed by atoms with Gasteiger partial charge in [-0.1, -0.05) is 56.0 Å². The second kappa shape index (κ2) is 17.2. The molecule has 0 aliphatic carbocycles. The highest BCUT2D eigenvalue weighted by Crippen LogP contribution is 2.18. The molecule has 0 spiro atoms. The van der Waals surface area contributed by atoms with Crippen LogP contribution >= 0.6 is 11.6 Å². The summed E-state index contributed by atoms with van der Waals surface area (Å²) in [7, 11) is 0. The van der Waals surface area contributed by atoms with E-state index in [1.807, 2.05) is 41.3 Å². The second-order valence-corrected chi connectivity index (χ2v) is 8.64. The van der Waals surface area contributed by atoms with Gasteiger partial charge in [0.2, 0.25) is 0 Å². The number of rotatable bonds is 4. The molecule has 188 valence electrons. The molecule has 3 N–H and O–H groups in total. The molecule has 2 aromatic rings. The number of hydrogen-bond donors (Lipinski definition) is 3. The molecule has 4 rings (SSSR count). The average Bonchev–Trinajstić information content (AvgIpc) is 2.90. The molecule has 0 saturated carbocycles. The molecule has 0 unspecified atom stereocenters. The molecule has 0 aromatic heterocycles. The molecule has 2 heterocycles. The zero-order valence-corrected chi connectivity index (χ0v) is 19.8. The van der Waals surface area contributed by atoms with E-state index in [1.165, 1.54) is 0 Å². The Morgan fingerprint density at radius 2 is 1.24 bits per heavy atom. The van der Waals surface area contributed by atoms with E-state index in [0.717, 1.165) is 57.4 Å². The van der Waals surface area contributed by atoms with E-state index in [9.17, 15) is 9.59 Å². The quantitative estimate of drug-likeness (QED) is 0.558. The van der Waals surface area contributed by atoms with Crippen molar-refractivity contribution < 1.29 is 19.8 Å². The number of carbonyl (C=O) groups is 2. The van der Waals surface area contributed by atoms with Gasteiger partial charge in [0.15, 0.2) is 0 Å². The van der Waals surface area contributed by atoms with Crippen LogP contribution in [0.25, 0.3) is 0 Å². The Balaban J connectivity index is 0.000000274. The van der Waals surface area contributed by atoms with E-state index in [-0.39, 0.29) is 19.9 Å². The summed E-state index contributed by atoms with van der Waals surface area (Å²) >= 11 is 5.16. The van der Waals surface area contributed by atoms with Crippen molar-refractivity contribution in [3.05, 3.63) is 71.8 Å². The van der Waals surface area contributed by atoms with E-state index in [2.05, 4.69) is 5.32 Å². The molecule has 34 heavy (non-hydrogen) atoms. The standard InChI is InChI=1S/C13H17NO2.C7H5ClO.C6H13NO.CH4/c15-10-11-6-8-14(9-7-11)13(16)12-4-2-1-3-5-12;8-7(9)6-4-2-1-3-5-6;8-5-6-1-3-7-4-2-6;/h1-5,11,15H,6-10H2;1-5H;6-8H,1-5H2;1H4. The van der Waals surface area contributed by atoms with Gasteiger partial charge in [-0.25, -0.2) is 0 Å². The number of hydrogen-bond acceptors (Lipinski definition) is 5. The number of aliphatic hydroxyl groups is 2. The van der Waals surface area contributed by atoms with Crippen molar-refractivity contribution in [3.8, 4) is 0 Å². The number of nitrogens with one attached hydrogen (secondary N) is 1. The zero-order chi connectivity index (χ0) is 23.9. The van der Waals surface area contributed by atoms with E-state index >= 15 is 0 Å². The van der Waals surface area contributed by atoms with Crippen molar-refractivity contribution >= 4 is 22.8 Å². The summed E-state index contributed by atoms with van der Waals surface area (Å²) in [6.07, 6.45) is 4.12. The molecule has 6 nitrogen and oxygen atoms in total. The fourth-order valence-electron chi connectivity index (χ4n) is 3.72. The van der Waals surface area contributed by atoms with Crippen molar-refractivity contribution in [1.82, 2.24) is 10.2 Å². The lowest BCUT2D eigenvalue weighted by Gasteiger charge is -2.31. The summed E-state index contributed by atoms with van der Waals surface area (Å²) < 4.78 is 0. The largest absolute Gasteiger partial charge is 0.396 e. The first-order valence-electron chi connectivity index (χ1n) is 11.6. The van der Waals surface area contributed by atoms with Gasteiger partial charge in [-0.3, -0.25) is 9.59 Å². The Morgan fingerprint density at radius 3 is 1.62 bits per heavy atom. The highest BCUT2D eigenvalue weighted by Gasteiger charge is 2.22. The number of nitrogens with zero attached hydrogens (tertiary/aromatic N) is 1. The van der Waals surface area contributed by atoms with Gasteiger partial charge in [0.05, 0.1) is 0 Å². The van der Waals surface area contributed by atoms with Crippen LogP contribution in [0.1, 0.15) is 53.8 Å². The lowest BCUT2D eigenvalue weighted by atomic mass is 9.97. The van der Waals surface area contributed by atoms with Crippen molar-refractivity contribution in [2.45, 2.75) is 33.1 Å². The van der Waals surface area contributed by atoms with Crippen LogP contribution in [0.15, 0.2) is 60.7 Å². The molecule has 0 radical (unpaired) electrons. The third kappa shape index (κ3) is 10.8. The fraction of sp³-hybridized carbons (Fsp3) is 0.481. The summed E-state index contributed by atoms with van der Waals surface area (Å²) in [5, 5.41) is 20.5. The predicted octanol–water partition coefficient (Wildman–Crippen LogP) is 4.21. The van der Waals surface area contributed by atoms with Crippen LogP contribution in [0.2, 0.25) is 0 Å². The van der Waals surface area contributed by atoms with Crippen LogP contribution in [0.3, 0.4) is 0 Å². The maximum Gasteiger partial charge on any atom is 0.253 e. The minimum absolute atomic E-state index is 0. The smallest absolute Gasteiger partial charge is 0.253 e. The summed E-state index contributed by atoms with van der Waals surface area (Å²) in [6.45, 7) is 4.32.